The molecule has 2 aromatic rings. The number of ether oxygens (including phenoxy) is 1. The van der Waals surface area contributed by atoms with Crippen molar-refractivity contribution in [3.05, 3.63) is 59.7 Å². The number of alkyl carbamates (subject to hydrolysis) is 1. The highest BCUT2D eigenvalue weighted by atomic mass is 16.5. The van der Waals surface area contributed by atoms with Crippen molar-refractivity contribution in [3.63, 3.8) is 0 Å². The molecule has 1 aliphatic rings. The van der Waals surface area contributed by atoms with Crippen LogP contribution in [0.5, 0.6) is 0 Å². The van der Waals surface area contributed by atoms with Gasteiger partial charge in [-0.05, 0) is 40.5 Å². The highest BCUT2D eigenvalue weighted by Gasteiger charge is 2.29. The minimum absolute atomic E-state index is 0.00923. The fourth-order valence-corrected chi connectivity index (χ4v) is 4.44. The molecule has 7 heteroatoms. The summed E-state index contributed by atoms with van der Waals surface area (Å²) < 4.78 is 5.58. The predicted molar refractivity (Wildman–Crippen MR) is 130 cm³/mol. The van der Waals surface area contributed by atoms with Crippen LogP contribution < -0.4 is 10.6 Å². The van der Waals surface area contributed by atoms with Gasteiger partial charge in [-0.15, -0.1) is 0 Å². The molecule has 0 saturated heterocycles. The van der Waals surface area contributed by atoms with Crippen molar-refractivity contribution >= 4 is 18.0 Å². The van der Waals surface area contributed by atoms with Crippen molar-refractivity contribution in [3.8, 4) is 11.1 Å². The summed E-state index contributed by atoms with van der Waals surface area (Å²) in [5.41, 5.74) is 4.65. The summed E-state index contributed by atoms with van der Waals surface area (Å²) in [5, 5.41) is 14.6. The SMILES string of the molecule is CC[C@@H](CC(=O)O)NC(=O)CC(CNC(=O)OCC1c2ccccc2-c2ccccc21)C(C)C. The molecule has 0 aromatic heterocycles. The quantitative estimate of drug-likeness (QED) is 0.450. The topological polar surface area (TPSA) is 105 Å². The van der Waals surface area contributed by atoms with Crippen LogP contribution in [0, 0.1) is 11.8 Å². The number of benzene rings is 2. The third-order valence-electron chi connectivity index (χ3n) is 6.52. The van der Waals surface area contributed by atoms with Gasteiger partial charge in [0.2, 0.25) is 5.91 Å². The number of aliphatic carboxylic acids is 1. The minimum atomic E-state index is -0.940. The maximum absolute atomic E-state index is 12.5. The molecule has 0 spiro atoms. The molecule has 182 valence electrons. The van der Waals surface area contributed by atoms with Crippen molar-refractivity contribution in [1.82, 2.24) is 10.6 Å². The first-order valence-corrected chi connectivity index (χ1v) is 11.9. The second-order valence-corrected chi connectivity index (χ2v) is 9.19. The molecule has 7 nitrogen and oxygen atoms in total. The average Bonchev–Trinajstić information content (AvgIpc) is 3.13. The predicted octanol–water partition coefficient (Wildman–Crippen LogP) is 4.56. The largest absolute Gasteiger partial charge is 0.481 e. The number of fused-ring (bicyclic) bond motifs is 3. The number of carboxylic acids is 1. The Balaban J connectivity index is 1.52. The van der Waals surface area contributed by atoms with Crippen LogP contribution in [0.4, 0.5) is 4.79 Å². The standard InChI is InChI=1S/C27H34N2O5/c1-4-19(14-26(31)32)29-25(30)13-18(17(2)3)15-28-27(33)34-16-24-22-11-7-5-9-20(22)21-10-6-8-12-23(21)24/h5-12,17-19,24H,4,13-16H2,1-3H3,(H,28,33)(H,29,30)(H,31,32)/t18?,19-/m0/s1. The van der Waals surface area contributed by atoms with Gasteiger partial charge in [-0.2, -0.15) is 0 Å². The van der Waals surface area contributed by atoms with E-state index >= 15 is 0 Å². The van der Waals surface area contributed by atoms with Gasteiger partial charge in [0.1, 0.15) is 6.61 Å². The Kier molecular flexibility index (Phi) is 8.68. The summed E-state index contributed by atoms with van der Waals surface area (Å²) in [5.74, 6) is -1.10. The summed E-state index contributed by atoms with van der Waals surface area (Å²) in [6.07, 6.45) is 0.136. The zero-order valence-corrected chi connectivity index (χ0v) is 20.0. The smallest absolute Gasteiger partial charge is 0.407 e. The number of nitrogens with one attached hydrogen (secondary N) is 2. The van der Waals surface area contributed by atoms with Crippen molar-refractivity contribution in [2.24, 2.45) is 11.8 Å². The molecule has 0 bridgehead atoms. The van der Waals surface area contributed by atoms with Crippen molar-refractivity contribution in [2.75, 3.05) is 13.2 Å². The highest BCUT2D eigenvalue weighted by molar-refractivity contribution is 5.79. The average molecular weight is 467 g/mol. The maximum Gasteiger partial charge on any atom is 0.407 e. The fourth-order valence-electron chi connectivity index (χ4n) is 4.44. The van der Waals surface area contributed by atoms with Crippen LogP contribution in [0.3, 0.4) is 0 Å². The molecule has 1 unspecified atom stereocenters. The lowest BCUT2D eigenvalue weighted by Gasteiger charge is -2.23. The second-order valence-electron chi connectivity index (χ2n) is 9.19. The molecular weight excluding hydrogens is 432 g/mol. The van der Waals surface area contributed by atoms with Crippen LogP contribution in [0.2, 0.25) is 0 Å². The summed E-state index contributed by atoms with van der Waals surface area (Å²) in [4.78, 5) is 35.9. The van der Waals surface area contributed by atoms with E-state index in [4.69, 9.17) is 9.84 Å². The molecule has 2 amide bonds. The number of hydrogen-bond acceptors (Lipinski definition) is 4. The molecule has 0 heterocycles. The van der Waals surface area contributed by atoms with E-state index in [1.807, 2.05) is 45.0 Å². The Bertz CT molecular complexity index is 974. The van der Waals surface area contributed by atoms with Crippen LogP contribution in [-0.4, -0.2) is 42.3 Å². The molecule has 0 fully saturated rings. The van der Waals surface area contributed by atoms with E-state index in [9.17, 15) is 14.4 Å². The summed E-state index contributed by atoms with van der Waals surface area (Å²) in [6.45, 7) is 6.36. The van der Waals surface area contributed by atoms with E-state index in [2.05, 4.69) is 34.9 Å². The van der Waals surface area contributed by atoms with Gasteiger partial charge in [0.25, 0.3) is 0 Å². The normalized spacial score (nSPS) is 14.1. The molecule has 3 N–H and O–H groups in total. The van der Waals surface area contributed by atoms with Gasteiger partial charge >= 0.3 is 12.1 Å². The van der Waals surface area contributed by atoms with Crippen LogP contribution >= 0.6 is 0 Å². The molecule has 0 saturated carbocycles. The van der Waals surface area contributed by atoms with E-state index in [-0.39, 0.29) is 43.1 Å². The van der Waals surface area contributed by atoms with Gasteiger partial charge in [-0.25, -0.2) is 4.79 Å². The highest BCUT2D eigenvalue weighted by Crippen LogP contribution is 2.44. The Hall–Kier alpha value is -3.35. The van der Waals surface area contributed by atoms with E-state index in [1.165, 1.54) is 11.1 Å². The maximum atomic E-state index is 12.5. The molecule has 0 radical (unpaired) electrons. The molecule has 1 aliphatic carbocycles. The molecular formula is C27H34N2O5. The summed E-state index contributed by atoms with van der Waals surface area (Å²) >= 11 is 0. The Labute approximate surface area is 200 Å². The molecule has 2 aromatic carbocycles. The third kappa shape index (κ3) is 6.37. The van der Waals surface area contributed by atoms with Gasteiger partial charge in [-0.3, -0.25) is 9.59 Å². The van der Waals surface area contributed by atoms with Gasteiger partial charge in [0.15, 0.2) is 0 Å². The number of carbonyl (C=O) groups is 3. The zero-order chi connectivity index (χ0) is 24.7. The number of amides is 2. The first kappa shape index (κ1) is 25.3. The monoisotopic (exact) mass is 466 g/mol. The Morgan fingerprint density at radius 2 is 1.56 bits per heavy atom. The molecule has 0 aliphatic heterocycles. The van der Waals surface area contributed by atoms with Crippen LogP contribution in [0.1, 0.15) is 57.1 Å². The molecule has 2 atom stereocenters. The Morgan fingerprint density at radius 1 is 0.971 bits per heavy atom. The lowest BCUT2D eigenvalue weighted by Crippen LogP contribution is -2.39. The summed E-state index contributed by atoms with van der Waals surface area (Å²) in [6, 6.07) is 15.9. The van der Waals surface area contributed by atoms with Crippen molar-refractivity contribution in [2.45, 2.75) is 52.0 Å². The lowest BCUT2D eigenvalue weighted by molar-refractivity contribution is -0.137. The van der Waals surface area contributed by atoms with Gasteiger partial charge in [0.05, 0.1) is 6.42 Å². The number of rotatable bonds is 11. The summed E-state index contributed by atoms with van der Waals surface area (Å²) in [7, 11) is 0. The van der Waals surface area contributed by atoms with Gasteiger partial charge in [0, 0.05) is 24.9 Å². The van der Waals surface area contributed by atoms with E-state index in [1.54, 1.807) is 0 Å². The van der Waals surface area contributed by atoms with E-state index in [0.717, 1.165) is 11.1 Å². The zero-order valence-electron chi connectivity index (χ0n) is 20.0. The number of hydrogen-bond donors (Lipinski definition) is 3. The van der Waals surface area contributed by atoms with Gasteiger partial charge in [-0.1, -0.05) is 69.3 Å². The van der Waals surface area contributed by atoms with Crippen LogP contribution in [-0.2, 0) is 14.3 Å². The van der Waals surface area contributed by atoms with Gasteiger partial charge < -0.3 is 20.5 Å². The lowest BCUT2D eigenvalue weighted by atomic mass is 9.92. The second kappa shape index (κ2) is 11.7. The first-order valence-electron chi connectivity index (χ1n) is 11.9. The Morgan fingerprint density at radius 3 is 2.09 bits per heavy atom. The number of carboxylic acid groups (broad SMARTS) is 1. The molecule has 3 rings (SSSR count). The van der Waals surface area contributed by atoms with Crippen molar-refractivity contribution < 1.29 is 24.2 Å². The van der Waals surface area contributed by atoms with Crippen LogP contribution in [0.15, 0.2) is 48.5 Å². The molecule has 34 heavy (non-hydrogen) atoms. The van der Waals surface area contributed by atoms with Crippen LogP contribution in [0.25, 0.3) is 11.1 Å². The van der Waals surface area contributed by atoms with Crippen molar-refractivity contribution in [1.29, 1.82) is 0 Å². The minimum Gasteiger partial charge on any atom is -0.481 e. The van der Waals surface area contributed by atoms with E-state index in [0.29, 0.717) is 13.0 Å². The third-order valence-corrected chi connectivity index (χ3v) is 6.52. The fraction of sp³-hybridized carbons (Fsp3) is 0.444. The van der Waals surface area contributed by atoms with E-state index < -0.39 is 18.1 Å². The number of carbonyl (C=O) groups excluding carboxylic acids is 2. The first-order chi connectivity index (χ1) is 16.3.